The molecule has 78 valence electrons. The number of terminal acetylenes is 1. The number of hydrogen-bond acceptors (Lipinski definition) is 2. The van der Waals surface area contributed by atoms with Crippen LogP contribution in [-0.4, -0.2) is 19.5 Å². The van der Waals surface area contributed by atoms with Crippen molar-refractivity contribution in [3.8, 4) is 12.3 Å². The quantitative estimate of drug-likeness (QED) is 0.505. The van der Waals surface area contributed by atoms with E-state index in [1.807, 2.05) is 0 Å². The van der Waals surface area contributed by atoms with Crippen LogP contribution in [0.1, 0.15) is 26.7 Å². The molecule has 1 aliphatic rings. The van der Waals surface area contributed by atoms with Gasteiger partial charge < -0.3 is 9.47 Å². The normalized spacial score (nSPS) is 24.9. The topological polar surface area (TPSA) is 18.5 Å². The van der Waals surface area contributed by atoms with Crippen LogP contribution in [0, 0.1) is 17.8 Å². The van der Waals surface area contributed by atoms with Crippen LogP contribution in [0.15, 0.2) is 12.2 Å². The molecular formula is C12H18O2. The fourth-order valence-corrected chi connectivity index (χ4v) is 2.06. The molecule has 0 bridgehead atoms. The smallest absolute Gasteiger partial charge is 0.168 e. The molecule has 0 saturated carbocycles. The highest BCUT2D eigenvalue weighted by molar-refractivity contribution is 5.16. The third-order valence-corrected chi connectivity index (χ3v) is 3.14. The molecule has 2 heteroatoms. The third-order valence-electron chi connectivity index (χ3n) is 3.14. The van der Waals surface area contributed by atoms with E-state index in [1.54, 1.807) is 0 Å². The zero-order valence-electron chi connectivity index (χ0n) is 9.01. The van der Waals surface area contributed by atoms with Crippen LogP contribution in [-0.2, 0) is 9.47 Å². The summed E-state index contributed by atoms with van der Waals surface area (Å²) in [5.74, 6) is 2.46. The van der Waals surface area contributed by atoms with Gasteiger partial charge in [0, 0.05) is 5.41 Å². The lowest BCUT2D eigenvalue weighted by atomic mass is 9.77. The van der Waals surface area contributed by atoms with Crippen molar-refractivity contribution in [2.75, 3.05) is 13.2 Å². The minimum Gasteiger partial charge on any atom is -0.347 e. The van der Waals surface area contributed by atoms with Crippen LogP contribution in [0.5, 0.6) is 0 Å². The molecule has 14 heavy (non-hydrogen) atoms. The Morgan fingerprint density at radius 1 is 1.64 bits per heavy atom. The average Bonchev–Trinajstić information content (AvgIpc) is 2.53. The predicted octanol–water partition coefficient (Wildman–Crippen LogP) is 2.36. The molecule has 0 N–H and O–H groups in total. The van der Waals surface area contributed by atoms with Crippen LogP contribution in [0.25, 0.3) is 0 Å². The Morgan fingerprint density at radius 2 is 2.29 bits per heavy atom. The van der Waals surface area contributed by atoms with Gasteiger partial charge in [-0.1, -0.05) is 26.3 Å². The molecule has 1 saturated heterocycles. The van der Waals surface area contributed by atoms with Crippen molar-refractivity contribution in [2.45, 2.75) is 33.0 Å². The molecule has 1 atom stereocenters. The van der Waals surface area contributed by atoms with E-state index in [9.17, 15) is 0 Å². The lowest BCUT2D eigenvalue weighted by Gasteiger charge is -2.32. The molecule has 1 aliphatic heterocycles. The first-order valence-corrected chi connectivity index (χ1v) is 5.06. The Morgan fingerprint density at radius 3 is 2.79 bits per heavy atom. The summed E-state index contributed by atoms with van der Waals surface area (Å²) in [5.41, 5.74) is 1.10. The van der Waals surface area contributed by atoms with Crippen molar-refractivity contribution < 1.29 is 9.47 Å². The van der Waals surface area contributed by atoms with Gasteiger partial charge in [-0.15, -0.1) is 6.42 Å². The minimum absolute atomic E-state index is 0.0309. The molecule has 0 amide bonds. The van der Waals surface area contributed by atoms with Crippen molar-refractivity contribution in [1.82, 2.24) is 0 Å². The van der Waals surface area contributed by atoms with Crippen LogP contribution in [0.4, 0.5) is 0 Å². The van der Waals surface area contributed by atoms with Gasteiger partial charge in [-0.25, -0.2) is 0 Å². The van der Waals surface area contributed by atoms with Crippen LogP contribution < -0.4 is 0 Å². The van der Waals surface area contributed by atoms with Gasteiger partial charge in [-0.05, 0) is 18.4 Å². The fraction of sp³-hybridized carbons (Fsp3) is 0.667. The van der Waals surface area contributed by atoms with E-state index in [0.29, 0.717) is 13.2 Å². The van der Waals surface area contributed by atoms with Crippen LogP contribution >= 0.6 is 0 Å². The molecule has 1 unspecified atom stereocenters. The standard InChI is InChI=1S/C12H18O2/c1-5-8-13-11-12(6-2,7-3)10(4)9-14-11/h1,11H,4,6-9H2,2-3H3. The molecule has 0 aliphatic carbocycles. The highest BCUT2D eigenvalue weighted by Crippen LogP contribution is 2.44. The van der Waals surface area contributed by atoms with E-state index in [0.717, 1.165) is 18.4 Å². The summed E-state index contributed by atoms with van der Waals surface area (Å²) in [6.07, 6.45) is 6.92. The van der Waals surface area contributed by atoms with Gasteiger partial charge in [-0.2, -0.15) is 0 Å². The summed E-state index contributed by atoms with van der Waals surface area (Å²) >= 11 is 0. The highest BCUT2D eigenvalue weighted by Gasteiger charge is 2.44. The molecule has 1 rings (SSSR count). The second-order valence-electron chi connectivity index (χ2n) is 3.62. The number of ether oxygens (including phenoxy) is 2. The van der Waals surface area contributed by atoms with Crippen LogP contribution in [0.2, 0.25) is 0 Å². The molecule has 0 spiro atoms. The molecule has 2 nitrogen and oxygen atoms in total. The van der Waals surface area contributed by atoms with E-state index in [1.165, 1.54) is 0 Å². The zero-order valence-corrected chi connectivity index (χ0v) is 9.01. The summed E-state index contributed by atoms with van der Waals surface area (Å²) in [4.78, 5) is 0. The Labute approximate surface area is 86.3 Å². The molecule has 0 aromatic rings. The summed E-state index contributed by atoms with van der Waals surface area (Å²) in [6, 6.07) is 0. The van der Waals surface area contributed by atoms with Gasteiger partial charge in [-0.3, -0.25) is 0 Å². The monoisotopic (exact) mass is 194 g/mol. The Kier molecular flexibility index (Phi) is 3.74. The Hall–Kier alpha value is -0.780. The molecular weight excluding hydrogens is 176 g/mol. The number of rotatable bonds is 4. The van der Waals surface area contributed by atoms with Gasteiger partial charge in [0.2, 0.25) is 0 Å². The average molecular weight is 194 g/mol. The number of hydrogen-bond donors (Lipinski definition) is 0. The van der Waals surface area contributed by atoms with E-state index < -0.39 is 0 Å². The van der Waals surface area contributed by atoms with Gasteiger partial charge in [0.1, 0.15) is 6.61 Å². The van der Waals surface area contributed by atoms with Crippen molar-refractivity contribution in [1.29, 1.82) is 0 Å². The maximum absolute atomic E-state index is 5.55. The SMILES string of the molecule is C#CCOC1OCC(=C)C1(CC)CC. The van der Waals surface area contributed by atoms with Crippen molar-refractivity contribution in [2.24, 2.45) is 5.41 Å². The predicted molar refractivity (Wildman–Crippen MR) is 56.7 cm³/mol. The molecule has 1 heterocycles. The first-order chi connectivity index (χ1) is 6.71. The lowest BCUT2D eigenvalue weighted by molar-refractivity contribution is -0.151. The second-order valence-corrected chi connectivity index (χ2v) is 3.62. The summed E-state index contributed by atoms with van der Waals surface area (Å²) < 4.78 is 11.0. The second kappa shape index (κ2) is 4.63. The van der Waals surface area contributed by atoms with Gasteiger partial charge in [0.25, 0.3) is 0 Å². The molecule has 0 aromatic carbocycles. The van der Waals surface area contributed by atoms with Crippen molar-refractivity contribution >= 4 is 0 Å². The lowest BCUT2D eigenvalue weighted by Crippen LogP contribution is -2.33. The van der Waals surface area contributed by atoms with Crippen molar-refractivity contribution in [3.05, 3.63) is 12.2 Å². The first kappa shape index (κ1) is 11.3. The van der Waals surface area contributed by atoms with E-state index in [4.69, 9.17) is 15.9 Å². The fourth-order valence-electron chi connectivity index (χ4n) is 2.06. The van der Waals surface area contributed by atoms with E-state index in [-0.39, 0.29) is 11.7 Å². The largest absolute Gasteiger partial charge is 0.347 e. The third kappa shape index (κ3) is 1.70. The maximum Gasteiger partial charge on any atom is 0.168 e. The molecule has 1 fully saturated rings. The Balaban J connectivity index is 2.75. The first-order valence-electron chi connectivity index (χ1n) is 5.06. The van der Waals surface area contributed by atoms with Crippen LogP contribution in [0.3, 0.4) is 0 Å². The highest BCUT2D eigenvalue weighted by atomic mass is 16.7. The maximum atomic E-state index is 5.55. The summed E-state index contributed by atoms with van der Waals surface area (Å²) in [6.45, 7) is 9.22. The summed E-state index contributed by atoms with van der Waals surface area (Å²) in [5, 5.41) is 0. The Bertz CT molecular complexity index is 246. The van der Waals surface area contributed by atoms with E-state index in [2.05, 4.69) is 26.3 Å². The summed E-state index contributed by atoms with van der Waals surface area (Å²) in [7, 11) is 0. The van der Waals surface area contributed by atoms with Gasteiger partial charge in [0.15, 0.2) is 6.29 Å². The zero-order chi connectivity index (χ0) is 10.6. The van der Waals surface area contributed by atoms with E-state index >= 15 is 0 Å². The van der Waals surface area contributed by atoms with Gasteiger partial charge >= 0.3 is 0 Å². The van der Waals surface area contributed by atoms with Gasteiger partial charge in [0.05, 0.1) is 6.61 Å². The molecule has 0 radical (unpaired) electrons. The minimum atomic E-state index is -0.207. The molecule has 0 aromatic heterocycles. The van der Waals surface area contributed by atoms with Crippen molar-refractivity contribution in [3.63, 3.8) is 0 Å².